The molecule has 9 heteroatoms. The van der Waals surface area contributed by atoms with E-state index in [1.807, 2.05) is 36.4 Å². The molecular weight excluding hydrogens is 387 g/mol. The van der Waals surface area contributed by atoms with Crippen LogP contribution in [0.1, 0.15) is 0 Å². The molecule has 1 saturated heterocycles. The summed E-state index contributed by atoms with van der Waals surface area (Å²) in [5.41, 5.74) is 1.86. The quantitative estimate of drug-likeness (QED) is 0.674. The number of benzene rings is 2. The van der Waals surface area contributed by atoms with E-state index >= 15 is 0 Å². The predicted octanol–water partition coefficient (Wildman–Crippen LogP) is 1.95. The minimum atomic E-state index is -0.208. The molecule has 6 nitrogen and oxygen atoms in total. The van der Waals surface area contributed by atoms with Gasteiger partial charge in [0.1, 0.15) is 5.82 Å². The molecule has 0 bridgehead atoms. The Labute approximate surface area is 166 Å². The smallest absolute Gasteiger partial charge is 0.225 e. The van der Waals surface area contributed by atoms with Crippen molar-refractivity contribution in [1.29, 1.82) is 0 Å². The third kappa shape index (κ3) is 4.02. The highest BCUT2D eigenvalue weighted by Crippen LogP contribution is 2.15. The highest BCUT2D eigenvalue weighted by atomic mass is 35.5. The Morgan fingerprint density at radius 1 is 1.04 bits per heavy atom. The van der Waals surface area contributed by atoms with E-state index in [1.54, 1.807) is 9.36 Å². The summed E-state index contributed by atoms with van der Waals surface area (Å²) in [6.07, 6.45) is 0. The molecule has 4 rings (SSSR count). The molecule has 0 aliphatic carbocycles. The number of piperazine rings is 1. The Kier molecular flexibility index (Phi) is 5.20. The van der Waals surface area contributed by atoms with Crippen LogP contribution in [0.2, 0.25) is 5.02 Å². The van der Waals surface area contributed by atoms with E-state index in [9.17, 15) is 4.39 Å². The first-order chi connectivity index (χ1) is 13.1. The third-order valence-corrected chi connectivity index (χ3v) is 5.35. The number of nitrogens with zero attached hydrogens (tertiary/aromatic N) is 5. The standard InChI is InChI=1S/C18H18ClFN6S/c19-14-2-1-3-17(12-14)26-18(27)25(21-22-26)13-23-8-10-24(11-9-23)16-6-4-15(20)5-7-16/h1-7,12H,8-11,13H2/p+1. The largest absolute Gasteiger partial charge is 0.360 e. The maximum absolute atomic E-state index is 13.1. The summed E-state index contributed by atoms with van der Waals surface area (Å²) in [6.45, 7) is 4.36. The molecule has 1 fully saturated rings. The Balaban J connectivity index is 1.41. The second-order valence-corrected chi connectivity index (χ2v) is 7.33. The summed E-state index contributed by atoms with van der Waals surface area (Å²) in [4.78, 5) is 3.65. The Morgan fingerprint density at radius 2 is 1.78 bits per heavy atom. The monoisotopic (exact) mass is 405 g/mol. The van der Waals surface area contributed by atoms with E-state index in [4.69, 9.17) is 23.8 Å². The molecule has 0 amide bonds. The van der Waals surface area contributed by atoms with Gasteiger partial charge in [-0.3, -0.25) is 0 Å². The number of tetrazole rings is 1. The van der Waals surface area contributed by atoms with Gasteiger partial charge in [-0.15, -0.1) is 0 Å². The first kappa shape index (κ1) is 18.1. The third-order valence-electron chi connectivity index (χ3n) is 4.73. The number of halogens is 2. The maximum atomic E-state index is 13.1. The van der Waals surface area contributed by atoms with Crippen molar-refractivity contribution >= 4 is 29.5 Å². The van der Waals surface area contributed by atoms with E-state index in [1.165, 1.54) is 17.0 Å². The summed E-state index contributed by atoms with van der Waals surface area (Å²) in [5.74, 6) is -0.208. The molecule has 3 aromatic rings. The molecule has 0 atom stereocenters. The van der Waals surface area contributed by atoms with Crippen molar-refractivity contribution in [3.8, 4) is 5.69 Å². The number of quaternary nitrogens is 1. The van der Waals surface area contributed by atoms with Crippen molar-refractivity contribution in [2.75, 3.05) is 31.1 Å². The van der Waals surface area contributed by atoms with Gasteiger partial charge in [-0.1, -0.05) is 17.7 Å². The molecule has 0 spiro atoms. The number of hydrogen-bond donors (Lipinski definition) is 1. The zero-order chi connectivity index (χ0) is 18.8. The molecule has 2 heterocycles. The first-order valence-corrected chi connectivity index (χ1v) is 9.51. The van der Waals surface area contributed by atoms with Crippen LogP contribution >= 0.6 is 23.8 Å². The van der Waals surface area contributed by atoms with Crippen molar-refractivity contribution < 1.29 is 9.29 Å². The van der Waals surface area contributed by atoms with Gasteiger partial charge < -0.3 is 9.80 Å². The van der Waals surface area contributed by atoms with Crippen LogP contribution in [0, 0.1) is 10.6 Å². The van der Waals surface area contributed by atoms with Crippen LogP contribution in [0.3, 0.4) is 0 Å². The van der Waals surface area contributed by atoms with Gasteiger partial charge in [-0.2, -0.15) is 9.36 Å². The molecule has 27 heavy (non-hydrogen) atoms. The van der Waals surface area contributed by atoms with Gasteiger partial charge in [0.15, 0.2) is 6.67 Å². The molecular formula is C18H19ClFN6S+. The molecule has 1 aliphatic heterocycles. The van der Waals surface area contributed by atoms with Crippen LogP contribution in [-0.4, -0.2) is 46.0 Å². The lowest BCUT2D eigenvalue weighted by Crippen LogP contribution is -3.14. The second-order valence-electron chi connectivity index (χ2n) is 6.52. The fraction of sp³-hybridized carbons (Fsp3) is 0.278. The van der Waals surface area contributed by atoms with Crippen molar-refractivity contribution in [1.82, 2.24) is 19.8 Å². The normalized spacial score (nSPS) is 15.3. The van der Waals surface area contributed by atoms with Crippen molar-refractivity contribution in [3.05, 3.63) is 64.1 Å². The second kappa shape index (κ2) is 7.75. The minimum Gasteiger partial charge on any atom is -0.360 e. The van der Waals surface area contributed by atoms with Gasteiger partial charge in [0, 0.05) is 10.7 Å². The highest BCUT2D eigenvalue weighted by Gasteiger charge is 2.21. The number of hydrogen-bond acceptors (Lipinski definition) is 4. The zero-order valence-corrected chi connectivity index (χ0v) is 16.1. The van der Waals surface area contributed by atoms with Crippen LogP contribution in [0.4, 0.5) is 10.1 Å². The zero-order valence-electron chi connectivity index (χ0n) is 14.6. The van der Waals surface area contributed by atoms with E-state index in [2.05, 4.69) is 15.3 Å². The van der Waals surface area contributed by atoms with Crippen molar-refractivity contribution in [3.63, 3.8) is 0 Å². The summed E-state index contributed by atoms with van der Waals surface area (Å²) in [5, 5.41) is 9.01. The fourth-order valence-corrected chi connectivity index (χ4v) is 3.67. The molecule has 0 unspecified atom stereocenters. The average Bonchev–Trinajstić information content (AvgIpc) is 3.04. The van der Waals surface area contributed by atoms with Gasteiger partial charge in [0.2, 0.25) is 4.77 Å². The van der Waals surface area contributed by atoms with Gasteiger partial charge >= 0.3 is 0 Å². The van der Waals surface area contributed by atoms with Gasteiger partial charge in [0.25, 0.3) is 0 Å². The average molecular weight is 406 g/mol. The number of nitrogens with one attached hydrogen (secondary N) is 1. The van der Waals surface area contributed by atoms with Crippen LogP contribution < -0.4 is 9.80 Å². The topological polar surface area (TPSA) is 43.3 Å². The summed E-state index contributed by atoms with van der Waals surface area (Å²) in [6, 6.07) is 14.0. The van der Waals surface area contributed by atoms with E-state index in [0.29, 0.717) is 16.5 Å². The fourth-order valence-electron chi connectivity index (χ4n) is 3.25. The van der Waals surface area contributed by atoms with Crippen molar-refractivity contribution in [2.24, 2.45) is 0 Å². The number of rotatable bonds is 4. The van der Waals surface area contributed by atoms with Crippen LogP contribution in [0.15, 0.2) is 48.5 Å². The van der Waals surface area contributed by atoms with Crippen LogP contribution in [0.25, 0.3) is 5.69 Å². The summed E-state index contributed by atoms with van der Waals surface area (Å²) < 4.78 is 17.0. The van der Waals surface area contributed by atoms with Crippen LogP contribution in [0.5, 0.6) is 0 Å². The summed E-state index contributed by atoms with van der Waals surface area (Å²) in [7, 11) is 0. The molecule has 2 aromatic carbocycles. The molecule has 1 aromatic heterocycles. The van der Waals surface area contributed by atoms with E-state index < -0.39 is 0 Å². The lowest BCUT2D eigenvalue weighted by molar-refractivity contribution is -0.924. The Bertz CT molecular complexity index is 978. The Hall–Kier alpha value is -2.29. The van der Waals surface area contributed by atoms with E-state index in [-0.39, 0.29) is 5.82 Å². The lowest BCUT2D eigenvalue weighted by atomic mass is 10.2. The molecule has 1 aliphatic rings. The maximum Gasteiger partial charge on any atom is 0.225 e. The highest BCUT2D eigenvalue weighted by molar-refractivity contribution is 7.71. The molecule has 0 radical (unpaired) electrons. The number of aromatic nitrogens is 4. The van der Waals surface area contributed by atoms with Crippen LogP contribution in [-0.2, 0) is 6.67 Å². The first-order valence-electron chi connectivity index (χ1n) is 8.73. The van der Waals surface area contributed by atoms with E-state index in [0.717, 1.165) is 37.6 Å². The lowest BCUT2D eigenvalue weighted by Gasteiger charge is -2.33. The molecule has 140 valence electrons. The van der Waals surface area contributed by atoms with Gasteiger partial charge in [0.05, 0.1) is 31.9 Å². The summed E-state index contributed by atoms with van der Waals surface area (Å²) >= 11 is 11.6. The molecule has 0 saturated carbocycles. The molecule has 1 N–H and O–H groups in total. The SMILES string of the molecule is Fc1ccc(N2CC[NH+](Cn3nnn(-c4cccc(Cl)c4)c3=S)CC2)cc1. The predicted molar refractivity (Wildman–Crippen MR) is 105 cm³/mol. The number of anilines is 1. The minimum absolute atomic E-state index is 0.208. The van der Waals surface area contributed by atoms with Gasteiger partial charge in [-0.05, 0) is 65.1 Å². The van der Waals surface area contributed by atoms with Crippen molar-refractivity contribution in [2.45, 2.75) is 6.67 Å². The van der Waals surface area contributed by atoms with Gasteiger partial charge in [-0.25, -0.2) is 4.39 Å². The Morgan fingerprint density at radius 3 is 2.48 bits per heavy atom.